The summed E-state index contributed by atoms with van der Waals surface area (Å²) in [6, 6.07) is -0.355. The van der Waals surface area contributed by atoms with E-state index in [9.17, 15) is 14.4 Å². The number of hydrogen-bond donors (Lipinski definition) is 6. The number of rotatable bonds is 9. The number of alkyl halides is 1. The Hall–Kier alpha value is -1.95. The van der Waals surface area contributed by atoms with E-state index < -0.39 is 18.3 Å². The van der Waals surface area contributed by atoms with Gasteiger partial charge in [0.1, 0.15) is 11.3 Å². The molecule has 3 fully saturated rings. The molecule has 5 atom stereocenters. The Balaban J connectivity index is 1.36. The van der Waals surface area contributed by atoms with E-state index in [2.05, 4.69) is 26.6 Å². The van der Waals surface area contributed by atoms with E-state index in [4.69, 9.17) is 33.7 Å². The predicted molar refractivity (Wildman–Crippen MR) is 159 cm³/mol. The van der Waals surface area contributed by atoms with Gasteiger partial charge in [-0.3, -0.25) is 9.59 Å². The van der Waals surface area contributed by atoms with Gasteiger partial charge in [0.2, 0.25) is 11.8 Å². The number of carbonyl (C=O) groups is 3. The smallest absolute Gasteiger partial charge is 0.407 e. The van der Waals surface area contributed by atoms with Gasteiger partial charge in [0.15, 0.2) is 0 Å². The number of ether oxygens (including phenoxy) is 1. The standard InChI is InChI=1S/C28H47Cl2N7O4/c1-41-28(40)33-20-7-3-17(4-8-20)25-26(30)36-27(35-25)22(16-24(39)37-13-2-11-32-12-14-37)34-23(38)10-5-18-15-19(29)6-9-21(18)31/h17-22,27,32,35-36H,2-16,31H2,1H3,(H,33,40)(H,34,38)/t17?,18?,19?,20?,21?,22-,27?/m0/s1. The average Bonchev–Trinajstić information content (AvgIpc) is 3.15. The van der Waals surface area contributed by atoms with Crippen LogP contribution < -0.4 is 32.3 Å². The van der Waals surface area contributed by atoms with Crippen LogP contribution in [0.25, 0.3) is 0 Å². The first kappa shape index (κ1) is 32.0. The molecule has 0 aromatic rings. The Morgan fingerprint density at radius 2 is 1.88 bits per heavy atom. The van der Waals surface area contributed by atoms with E-state index in [1.54, 1.807) is 0 Å². The molecular weight excluding hydrogens is 569 g/mol. The van der Waals surface area contributed by atoms with Crippen LogP contribution in [-0.2, 0) is 14.3 Å². The van der Waals surface area contributed by atoms with Crippen molar-refractivity contribution in [1.82, 2.24) is 31.5 Å². The molecule has 2 aliphatic carbocycles. The third-order valence-electron chi connectivity index (χ3n) is 9.03. The van der Waals surface area contributed by atoms with E-state index in [1.807, 2.05) is 4.90 Å². The summed E-state index contributed by atoms with van der Waals surface area (Å²) in [5.41, 5.74) is 7.22. The first-order chi connectivity index (χ1) is 19.7. The quantitative estimate of drug-likeness (QED) is 0.170. The number of nitrogens with zero attached hydrogens (tertiary/aromatic N) is 1. The first-order valence-corrected chi connectivity index (χ1v) is 16.0. The highest BCUT2D eigenvalue weighted by Gasteiger charge is 2.37. The second-order valence-corrected chi connectivity index (χ2v) is 12.9. The molecule has 7 N–H and O–H groups in total. The highest BCUT2D eigenvalue weighted by atomic mass is 35.5. The van der Waals surface area contributed by atoms with Crippen molar-refractivity contribution in [2.75, 3.05) is 33.3 Å². The maximum absolute atomic E-state index is 13.4. The van der Waals surface area contributed by atoms with Crippen molar-refractivity contribution in [3.05, 3.63) is 10.9 Å². The lowest BCUT2D eigenvalue weighted by Gasteiger charge is -2.32. The summed E-state index contributed by atoms with van der Waals surface area (Å²) in [6.07, 6.45) is 7.19. The zero-order chi connectivity index (χ0) is 29.4. The van der Waals surface area contributed by atoms with Gasteiger partial charge in [0, 0.05) is 49.4 Å². The second-order valence-electron chi connectivity index (χ2n) is 11.9. The molecule has 13 heteroatoms. The fourth-order valence-corrected chi connectivity index (χ4v) is 7.23. The van der Waals surface area contributed by atoms with Gasteiger partial charge in [-0.05, 0) is 70.3 Å². The summed E-state index contributed by atoms with van der Waals surface area (Å²) in [6.45, 7) is 3.00. The molecule has 3 amide bonds. The molecule has 0 radical (unpaired) electrons. The summed E-state index contributed by atoms with van der Waals surface area (Å²) in [5.74, 6) is 0.319. The molecule has 4 rings (SSSR count). The number of alkyl carbamates (subject to hydrolysis) is 1. The van der Waals surface area contributed by atoms with Crippen molar-refractivity contribution in [2.24, 2.45) is 17.6 Å². The van der Waals surface area contributed by atoms with Crippen LogP contribution in [-0.4, -0.2) is 85.8 Å². The van der Waals surface area contributed by atoms with Gasteiger partial charge >= 0.3 is 6.09 Å². The maximum atomic E-state index is 13.4. The number of halogens is 2. The molecule has 41 heavy (non-hydrogen) atoms. The maximum Gasteiger partial charge on any atom is 0.407 e. The summed E-state index contributed by atoms with van der Waals surface area (Å²) < 4.78 is 4.73. The highest BCUT2D eigenvalue weighted by molar-refractivity contribution is 6.29. The minimum Gasteiger partial charge on any atom is -0.453 e. The number of allylic oxidation sites excluding steroid dienone is 1. The Labute approximate surface area is 253 Å². The molecule has 2 saturated carbocycles. The van der Waals surface area contributed by atoms with E-state index in [0.717, 1.165) is 70.2 Å². The van der Waals surface area contributed by atoms with Crippen molar-refractivity contribution < 1.29 is 19.1 Å². The number of carbonyl (C=O) groups excluding carboxylic acids is 3. The van der Waals surface area contributed by atoms with E-state index in [0.29, 0.717) is 31.1 Å². The van der Waals surface area contributed by atoms with Crippen LogP contribution in [0, 0.1) is 11.8 Å². The number of nitrogens with two attached hydrogens (primary N) is 1. The van der Waals surface area contributed by atoms with Crippen LogP contribution in [0.15, 0.2) is 10.9 Å². The lowest BCUT2D eigenvalue weighted by atomic mass is 9.82. The molecule has 0 aromatic heterocycles. The van der Waals surface area contributed by atoms with Crippen LogP contribution in [0.4, 0.5) is 4.79 Å². The van der Waals surface area contributed by atoms with Gasteiger partial charge in [-0.15, -0.1) is 11.6 Å². The zero-order valence-corrected chi connectivity index (χ0v) is 25.6. The Bertz CT molecular complexity index is 938. The Morgan fingerprint density at radius 3 is 2.63 bits per heavy atom. The third-order valence-corrected chi connectivity index (χ3v) is 9.74. The molecule has 2 aliphatic heterocycles. The molecule has 11 nitrogen and oxygen atoms in total. The highest BCUT2D eigenvalue weighted by Crippen LogP contribution is 2.34. The zero-order valence-electron chi connectivity index (χ0n) is 24.1. The summed E-state index contributed by atoms with van der Waals surface area (Å²) in [4.78, 5) is 40.0. The first-order valence-electron chi connectivity index (χ1n) is 15.2. The largest absolute Gasteiger partial charge is 0.453 e. The third kappa shape index (κ3) is 9.27. The van der Waals surface area contributed by atoms with Gasteiger partial charge in [0.25, 0.3) is 0 Å². The van der Waals surface area contributed by atoms with Gasteiger partial charge in [-0.1, -0.05) is 11.6 Å². The monoisotopic (exact) mass is 615 g/mol. The molecule has 0 bridgehead atoms. The summed E-state index contributed by atoms with van der Waals surface area (Å²) >= 11 is 13.1. The fourth-order valence-electron chi connectivity index (χ4n) is 6.55. The second kappa shape index (κ2) is 15.5. The molecule has 2 heterocycles. The van der Waals surface area contributed by atoms with Crippen molar-refractivity contribution in [2.45, 2.75) is 100 Å². The van der Waals surface area contributed by atoms with Crippen LogP contribution in [0.2, 0.25) is 0 Å². The van der Waals surface area contributed by atoms with Crippen molar-refractivity contribution in [1.29, 1.82) is 0 Å². The Morgan fingerprint density at radius 1 is 1.10 bits per heavy atom. The van der Waals surface area contributed by atoms with Gasteiger partial charge in [-0.25, -0.2) is 4.79 Å². The minimum atomic E-state index is -0.490. The molecule has 4 unspecified atom stereocenters. The SMILES string of the molecule is COC(=O)NC1CCC(C2=C(Cl)NC([C@H](CC(=O)N3CCCNCC3)NC(=O)CCC3CC(Cl)CCC3N)N2)CC1. The molecule has 1 saturated heterocycles. The van der Waals surface area contributed by atoms with Crippen molar-refractivity contribution in [3.63, 3.8) is 0 Å². The number of nitrogens with one attached hydrogen (secondary N) is 5. The molecule has 0 aromatic carbocycles. The molecule has 0 spiro atoms. The number of amides is 3. The van der Waals surface area contributed by atoms with E-state index in [1.165, 1.54) is 7.11 Å². The number of hydrogen-bond acceptors (Lipinski definition) is 8. The van der Waals surface area contributed by atoms with Crippen LogP contribution in [0.1, 0.15) is 70.6 Å². The van der Waals surface area contributed by atoms with E-state index >= 15 is 0 Å². The van der Waals surface area contributed by atoms with Gasteiger partial charge in [0.05, 0.1) is 25.3 Å². The average molecular weight is 617 g/mol. The van der Waals surface area contributed by atoms with Crippen molar-refractivity contribution in [3.8, 4) is 0 Å². The predicted octanol–water partition coefficient (Wildman–Crippen LogP) is 2.04. The minimum absolute atomic E-state index is 0.0147. The molecule has 232 valence electrons. The summed E-state index contributed by atoms with van der Waals surface area (Å²) in [7, 11) is 1.36. The van der Waals surface area contributed by atoms with Gasteiger partial charge in [-0.2, -0.15) is 0 Å². The normalized spacial score (nSPS) is 31.4. The molecular formula is C28H47Cl2N7O4. The lowest BCUT2D eigenvalue weighted by Crippen LogP contribution is -2.55. The van der Waals surface area contributed by atoms with Crippen molar-refractivity contribution >= 4 is 41.1 Å². The van der Waals surface area contributed by atoms with Crippen LogP contribution in [0.5, 0.6) is 0 Å². The lowest BCUT2D eigenvalue weighted by molar-refractivity contribution is -0.132. The van der Waals surface area contributed by atoms with Crippen LogP contribution >= 0.6 is 23.2 Å². The summed E-state index contributed by atoms with van der Waals surface area (Å²) in [5, 5.41) is 16.8. The Kier molecular flexibility index (Phi) is 12.1. The molecule has 4 aliphatic rings. The number of methoxy groups -OCH3 is 1. The van der Waals surface area contributed by atoms with E-state index in [-0.39, 0.29) is 47.5 Å². The van der Waals surface area contributed by atoms with Gasteiger partial charge < -0.3 is 42.0 Å². The fraction of sp³-hybridized carbons (Fsp3) is 0.821. The topological polar surface area (TPSA) is 150 Å². The van der Waals surface area contributed by atoms with Crippen LogP contribution in [0.3, 0.4) is 0 Å².